The van der Waals surface area contributed by atoms with Crippen molar-refractivity contribution < 1.29 is 96.2 Å². The zero-order valence-corrected chi connectivity index (χ0v) is 69.7. The number of aromatic hydroxyl groups is 2. The Morgan fingerprint density at radius 1 is 0.374 bits per heavy atom. The predicted octanol–water partition coefficient (Wildman–Crippen LogP) is -0.268. The topological polar surface area (TPSA) is 451 Å². The van der Waals surface area contributed by atoms with Gasteiger partial charge in [-0.15, -0.1) is 12.8 Å². The van der Waals surface area contributed by atoms with Crippen molar-refractivity contribution in [2.45, 2.75) is 101 Å². The van der Waals surface area contributed by atoms with Gasteiger partial charge in [-0.25, -0.2) is 0 Å². The van der Waals surface area contributed by atoms with E-state index in [0.717, 1.165) is 51.7 Å². The molecule has 4 aliphatic rings. The summed E-state index contributed by atoms with van der Waals surface area (Å²) in [6.07, 6.45) is 9.50. The van der Waals surface area contributed by atoms with Crippen LogP contribution in [0.25, 0.3) is 0 Å². The van der Waals surface area contributed by atoms with Crippen molar-refractivity contribution >= 4 is 88.3 Å². The molecule has 0 radical (unpaired) electrons. The molecule has 6 bridgehead atoms. The number of anilines is 3. The molecule has 3 aliphatic carbocycles. The number of rotatable bonds is 10. The van der Waals surface area contributed by atoms with Gasteiger partial charge in [0.1, 0.15) is 12.2 Å². The second-order valence-electron chi connectivity index (χ2n) is 27.1. The molecule has 1 aliphatic heterocycles. The van der Waals surface area contributed by atoms with E-state index in [1.165, 1.54) is 12.1 Å². The second kappa shape index (κ2) is 52.9. The van der Waals surface area contributed by atoms with Crippen LogP contribution in [0, 0.1) is 309 Å². The first-order valence-electron chi connectivity index (χ1n) is 38.4. The van der Waals surface area contributed by atoms with Crippen LogP contribution in [-0.4, -0.2) is 146 Å². The lowest BCUT2D eigenvalue weighted by Gasteiger charge is -2.38. The molecule has 12 unspecified atom stereocenters. The van der Waals surface area contributed by atoms with Crippen molar-refractivity contribution in [1.82, 2.24) is 16.0 Å². The maximum absolute atomic E-state index is 15.3. The van der Waals surface area contributed by atoms with Gasteiger partial charge in [0.15, 0.2) is 18.1 Å². The number of fused-ring (bicyclic) bond motifs is 9. The molecule has 0 aromatic heterocycles. The predicted molar refractivity (Wildman–Crippen MR) is 472 cm³/mol. The lowest BCUT2D eigenvalue weighted by molar-refractivity contribution is -0.149. The number of methoxy groups -OCH3 is 3. The third kappa shape index (κ3) is 32.1. The van der Waals surface area contributed by atoms with Gasteiger partial charge in [-0.2, -0.15) is 0 Å². The molecule has 12 atom stereocenters. The first-order chi connectivity index (χ1) is 63.3. The van der Waals surface area contributed by atoms with E-state index in [9.17, 15) is 39.0 Å². The minimum atomic E-state index is -1.60. The van der Waals surface area contributed by atoms with Gasteiger partial charge in [0.2, 0.25) is 17.7 Å². The standard InChI is InChI=1S/C102H67N9O20/c1-7-10-13-16-19-22-25-28-31-34-37-40-43-46-49-129-89(112)58-68-52-71-61-72(53-68)106-95(118)76-62-73(100(123)126-4)82(104)66-85(76)108-98(121)79-54-69(59-90(113)130-50-47-44-41-38-35-32-29-26-23-20-17-14-11-8-2)57-88(92(79)115)111-97(120)78-64-75(102(125)128-6)83(105)67-86(78)109-99(122)80-55-70(60-91(114)131-51-48-45-42-39-36-33-30-27-24-21-18-15-12-9-3)56-87(93(80)116)110-96(119)77-63-74(101(124)127-5)81(103)65-84(77)107-94(71)117/h1,3,52-57,61,73-78,81-86,115-116H,50,58-60,62-67,103-105H2,2,4-6H3,(H,106,118)(H,107,117)(H,108,121)(H,109,122)(H,110,119)(H,111,120). The number of carbonyl (C=O) groups is 12. The van der Waals surface area contributed by atoms with Gasteiger partial charge in [-0.3, -0.25) is 57.5 Å². The fourth-order valence-corrected chi connectivity index (χ4v) is 13.0. The number of phenolic OH excluding ortho intramolecular Hbond substituents is 2. The SMILES string of the molecule is C#CC#CC#CC#CC#CC#CC#CC#COC(=O)Cc1cc2cc(c1)C(=O)NC1CC(N)C(C(=O)OC)CC1C(=O)Nc1cc(CC(=O)OC#CC#CC#CC#CC#CC#CC#CC#C)cc(c1O)C(=O)NC1CC(N)C(C(=O)OC)CC1C(=O)Nc1cc(CC(=O)OCC#CC#CC#CC#CC#CC#CC#CC)cc(c1O)C(=O)NC1CC(N)C(C(=O)OC)CC1C(=O)N2. The molecule has 131 heavy (non-hydrogen) atoms. The van der Waals surface area contributed by atoms with E-state index in [1.807, 2.05) is 0 Å². The quantitative estimate of drug-likeness (QED) is 0.0539. The Hall–Kier alpha value is -19.3. The van der Waals surface area contributed by atoms with E-state index in [1.54, 1.807) is 6.92 Å². The monoisotopic (exact) mass is 1740 g/mol. The van der Waals surface area contributed by atoms with Crippen LogP contribution in [0.5, 0.6) is 11.5 Å². The summed E-state index contributed by atoms with van der Waals surface area (Å²) >= 11 is 0. The number of terminal acetylenes is 2. The number of ether oxygens (including phenoxy) is 6. The first-order valence-corrected chi connectivity index (χ1v) is 38.4. The third-order valence-electron chi connectivity index (χ3n) is 18.8. The second-order valence-corrected chi connectivity index (χ2v) is 27.1. The summed E-state index contributed by atoms with van der Waals surface area (Å²) in [6, 6.07) is 0.0734. The van der Waals surface area contributed by atoms with Crippen molar-refractivity contribution in [3.8, 4) is 285 Å². The van der Waals surface area contributed by atoms with Crippen molar-refractivity contribution in [2.24, 2.45) is 52.7 Å². The number of hydrogen-bond acceptors (Lipinski definition) is 23. The molecule has 3 aromatic rings. The zero-order chi connectivity index (χ0) is 94.8. The Morgan fingerprint density at radius 3 is 1.02 bits per heavy atom. The van der Waals surface area contributed by atoms with Gasteiger partial charge in [0, 0.05) is 130 Å². The van der Waals surface area contributed by atoms with Crippen molar-refractivity contribution in [2.75, 3.05) is 43.9 Å². The summed E-state index contributed by atoms with van der Waals surface area (Å²) in [4.78, 5) is 173. The molecular weight excluding hydrogens is 1670 g/mol. The van der Waals surface area contributed by atoms with Crippen molar-refractivity contribution in [3.63, 3.8) is 0 Å². The number of carbonyl (C=O) groups excluding carboxylic acids is 12. The zero-order valence-electron chi connectivity index (χ0n) is 69.7. The van der Waals surface area contributed by atoms with Crippen LogP contribution in [0.1, 0.15) is 93.2 Å². The van der Waals surface area contributed by atoms with Gasteiger partial charge in [-0.1, -0.05) is 5.92 Å². The molecule has 640 valence electrons. The van der Waals surface area contributed by atoms with Gasteiger partial charge < -0.3 is 87.7 Å². The fourth-order valence-electron chi connectivity index (χ4n) is 13.0. The number of phenols is 2. The average molecular weight is 1740 g/mol. The maximum Gasteiger partial charge on any atom is 0.324 e. The smallest absolute Gasteiger partial charge is 0.324 e. The van der Waals surface area contributed by atoms with Crippen molar-refractivity contribution in [3.05, 3.63) is 75.8 Å². The normalized spacial score (nSPS) is 18.6. The summed E-state index contributed by atoms with van der Waals surface area (Å²) in [7, 11) is 3.20. The van der Waals surface area contributed by atoms with Crippen LogP contribution in [-0.2, 0) is 90.8 Å². The molecule has 3 aromatic carbocycles. The fraction of sp³-hybridized carbons (Fsp3) is 0.255. The van der Waals surface area contributed by atoms with Crippen LogP contribution in [0.3, 0.4) is 0 Å². The van der Waals surface area contributed by atoms with E-state index in [-0.39, 0.29) is 40.8 Å². The Kier molecular flexibility index (Phi) is 39.9. The Bertz CT molecular complexity index is 6840. The largest absolute Gasteiger partial charge is 0.505 e. The molecular formula is C102H67N9O20. The van der Waals surface area contributed by atoms with Crippen LogP contribution in [0.2, 0.25) is 0 Å². The Morgan fingerprint density at radius 2 is 0.679 bits per heavy atom. The van der Waals surface area contributed by atoms with E-state index in [0.29, 0.717) is 0 Å². The highest BCUT2D eigenvalue weighted by atomic mass is 16.5. The molecule has 29 heteroatoms. The summed E-state index contributed by atoms with van der Waals surface area (Å²) < 4.78 is 30.9. The van der Waals surface area contributed by atoms with E-state index >= 15 is 28.8 Å². The third-order valence-corrected chi connectivity index (χ3v) is 18.8. The van der Waals surface area contributed by atoms with Crippen molar-refractivity contribution in [1.29, 1.82) is 0 Å². The number of hydrogen-bond donors (Lipinski definition) is 11. The molecule has 7 rings (SSSR count). The van der Waals surface area contributed by atoms with Gasteiger partial charge in [0.05, 0.1) is 98.6 Å². The summed E-state index contributed by atoms with van der Waals surface area (Å²) in [5.41, 5.74) is 16.4. The van der Waals surface area contributed by atoms with E-state index < -0.39 is 229 Å². The molecule has 0 saturated heterocycles. The maximum atomic E-state index is 15.3. The number of nitrogens with one attached hydrogen (secondary N) is 6. The molecule has 1 heterocycles. The molecule has 14 N–H and O–H groups in total. The highest BCUT2D eigenvalue weighted by Crippen LogP contribution is 2.39. The van der Waals surface area contributed by atoms with Crippen LogP contribution < -0.4 is 49.1 Å². The summed E-state index contributed by atoms with van der Waals surface area (Å²) in [5, 5.41) is 40.7. The number of esters is 6. The summed E-state index contributed by atoms with van der Waals surface area (Å²) in [5.74, 6) is 78.2. The molecule has 3 fully saturated rings. The van der Waals surface area contributed by atoms with Crippen LogP contribution >= 0.6 is 0 Å². The lowest BCUT2D eigenvalue weighted by atomic mass is 9.74. The highest BCUT2D eigenvalue weighted by molar-refractivity contribution is 6.06. The number of benzene rings is 3. The highest BCUT2D eigenvalue weighted by Gasteiger charge is 2.48. The molecule has 0 spiro atoms. The van der Waals surface area contributed by atoms with E-state index in [4.69, 9.17) is 58.5 Å². The minimum Gasteiger partial charge on any atom is -0.505 e. The summed E-state index contributed by atoms with van der Waals surface area (Å²) in [6.45, 7) is 1.07. The molecule has 6 amide bonds. The first kappa shape index (κ1) is 98.8. The van der Waals surface area contributed by atoms with Gasteiger partial charge in [0.25, 0.3) is 17.7 Å². The lowest BCUT2D eigenvalue weighted by Crippen LogP contribution is -2.56. The minimum absolute atomic E-state index is 0.0538. The molecule has 29 nitrogen and oxygen atoms in total. The van der Waals surface area contributed by atoms with Gasteiger partial charge >= 0.3 is 35.8 Å². The molecule has 3 saturated carbocycles. The Labute approximate surface area is 755 Å². The Balaban J connectivity index is 1.37. The van der Waals surface area contributed by atoms with Gasteiger partial charge in [-0.05, 0) is 264 Å². The van der Waals surface area contributed by atoms with Crippen LogP contribution in [0.15, 0.2) is 42.5 Å². The number of nitrogens with two attached hydrogens (primary N) is 3. The van der Waals surface area contributed by atoms with Crippen LogP contribution in [0.4, 0.5) is 17.1 Å². The number of amides is 6. The average Bonchev–Trinajstić information content (AvgIpc) is 1.17. The van der Waals surface area contributed by atoms with E-state index in [2.05, 4.69) is 293 Å².